The van der Waals surface area contributed by atoms with Gasteiger partial charge in [-0.25, -0.2) is 0 Å². The number of non-ortho nitro benzene ring substituents is 1. The number of thiocarbonyl (C=S) groups is 1. The minimum Gasteiger partial charge on any atom is -0.497 e. The van der Waals surface area contributed by atoms with Gasteiger partial charge in [0.25, 0.3) is 5.69 Å². The molecule has 0 spiro atoms. The third-order valence-electron chi connectivity index (χ3n) is 3.44. The predicted octanol–water partition coefficient (Wildman–Crippen LogP) is 1.84. The van der Waals surface area contributed by atoms with E-state index in [1.807, 2.05) is 24.3 Å². The first kappa shape index (κ1) is 19.1. The maximum absolute atomic E-state index is 11.9. The highest BCUT2D eigenvalue weighted by molar-refractivity contribution is 7.80. The van der Waals surface area contributed by atoms with E-state index in [2.05, 4.69) is 16.2 Å². The first-order valence-electron chi connectivity index (χ1n) is 7.67. The number of rotatable bonds is 6. The van der Waals surface area contributed by atoms with Gasteiger partial charge in [0.15, 0.2) is 5.11 Å². The Labute approximate surface area is 155 Å². The first-order valence-corrected chi connectivity index (χ1v) is 8.07. The van der Waals surface area contributed by atoms with E-state index in [0.29, 0.717) is 12.1 Å². The van der Waals surface area contributed by atoms with Crippen molar-refractivity contribution in [2.45, 2.75) is 13.0 Å². The van der Waals surface area contributed by atoms with Gasteiger partial charge in [-0.1, -0.05) is 24.3 Å². The highest BCUT2D eigenvalue weighted by Gasteiger charge is 2.07. The number of nitrogens with one attached hydrogen (secondary N) is 3. The van der Waals surface area contributed by atoms with Crippen molar-refractivity contribution in [2.75, 3.05) is 7.11 Å². The van der Waals surface area contributed by atoms with Crippen LogP contribution in [0.5, 0.6) is 5.75 Å². The van der Waals surface area contributed by atoms with Crippen LogP contribution in [0.3, 0.4) is 0 Å². The molecule has 26 heavy (non-hydrogen) atoms. The van der Waals surface area contributed by atoms with Crippen molar-refractivity contribution >= 4 is 28.9 Å². The molecule has 0 fully saturated rings. The summed E-state index contributed by atoms with van der Waals surface area (Å²) >= 11 is 5.09. The minimum absolute atomic E-state index is 0.0174. The van der Waals surface area contributed by atoms with E-state index < -0.39 is 4.92 Å². The molecule has 2 rings (SSSR count). The highest BCUT2D eigenvalue weighted by atomic mass is 32.1. The number of hydrogen-bond acceptors (Lipinski definition) is 5. The summed E-state index contributed by atoms with van der Waals surface area (Å²) in [4.78, 5) is 22.0. The standard InChI is InChI=1S/C17H18N4O4S/c1-25-15-8-4-13(5-9-15)11-18-17(26)20-19-16(22)10-12-2-6-14(7-3-12)21(23)24/h2-9H,10-11H2,1H3,(H,19,22)(H2,18,20,26). The summed E-state index contributed by atoms with van der Waals surface area (Å²) in [7, 11) is 1.60. The zero-order chi connectivity index (χ0) is 18.9. The number of benzene rings is 2. The summed E-state index contributed by atoms with van der Waals surface area (Å²) in [6.07, 6.45) is 0.0755. The van der Waals surface area contributed by atoms with E-state index in [0.717, 1.165) is 11.3 Å². The van der Waals surface area contributed by atoms with Gasteiger partial charge in [-0.15, -0.1) is 0 Å². The Kier molecular flexibility index (Phi) is 6.86. The molecule has 0 heterocycles. The van der Waals surface area contributed by atoms with E-state index in [1.165, 1.54) is 24.3 Å². The summed E-state index contributed by atoms with van der Waals surface area (Å²) in [5.74, 6) is 0.459. The second-order valence-corrected chi connectivity index (χ2v) is 5.71. The van der Waals surface area contributed by atoms with Gasteiger partial charge >= 0.3 is 0 Å². The highest BCUT2D eigenvalue weighted by Crippen LogP contribution is 2.12. The molecule has 0 radical (unpaired) electrons. The molecule has 3 N–H and O–H groups in total. The average Bonchev–Trinajstić information content (AvgIpc) is 2.65. The van der Waals surface area contributed by atoms with E-state index in [9.17, 15) is 14.9 Å². The molecular weight excluding hydrogens is 356 g/mol. The van der Waals surface area contributed by atoms with Crippen LogP contribution in [0.4, 0.5) is 5.69 Å². The Morgan fingerprint density at radius 3 is 2.27 bits per heavy atom. The number of ether oxygens (including phenoxy) is 1. The molecule has 2 aromatic carbocycles. The maximum Gasteiger partial charge on any atom is 0.269 e. The fourth-order valence-electron chi connectivity index (χ4n) is 2.06. The average molecular weight is 374 g/mol. The van der Waals surface area contributed by atoms with Gasteiger partial charge in [-0.3, -0.25) is 25.8 Å². The lowest BCUT2D eigenvalue weighted by Gasteiger charge is -2.12. The molecule has 0 aliphatic heterocycles. The molecule has 0 atom stereocenters. The van der Waals surface area contributed by atoms with Crippen LogP contribution in [0.15, 0.2) is 48.5 Å². The summed E-state index contributed by atoms with van der Waals surface area (Å²) in [6, 6.07) is 13.3. The van der Waals surface area contributed by atoms with Gasteiger partial charge in [0.2, 0.25) is 5.91 Å². The molecule has 0 saturated carbocycles. The molecule has 0 aliphatic carbocycles. The SMILES string of the molecule is COc1ccc(CNC(=S)NNC(=O)Cc2ccc([N+](=O)[O-])cc2)cc1. The van der Waals surface area contributed by atoms with Crippen LogP contribution in [-0.4, -0.2) is 23.1 Å². The topological polar surface area (TPSA) is 106 Å². The molecule has 1 amide bonds. The molecule has 0 bridgehead atoms. The van der Waals surface area contributed by atoms with Crippen LogP contribution in [0.2, 0.25) is 0 Å². The summed E-state index contributed by atoms with van der Waals surface area (Å²) in [6.45, 7) is 0.494. The van der Waals surface area contributed by atoms with Crippen molar-refractivity contribution in [1.82, 2.24) is 16.2 Å². The molecule has 9 heteroatoms. The lowest BCUT2D eigenvalue weighted by atomic mass is 10.1. The fourth-order valence-corrected chi connectivity index (χ4v) is 2.18. The number of carbonyl (C=O) groups is 1. The number of carbonyl (C=O) groups excluding carboxylic acids is 1. The minimum atomic E-state index is -0.488. The van der Waals surface area contributed by atoms with Crippen LogP contribution in [0.25, 0.3) is 0 Å². The third-order valence-corrected chi connectivity index (χ3v) is 3.69. The normalized spacial score (nSPS) is 9.88. The monoisotopic (exact) mass is 374 g/mol. The van der Waals surface area contributed by atoms with E-state index in [1.54, 1.807) is 7.11 Å². The third kappa shape index (κ3) is 6.02. The van der Waals surface area contributed by atoms with Gasteiger partial charge in [0.1, 0.15) is 5.75 Å². The molecule has 2 aromatic rings. The van der Waals surface area contributed by atoms with Gasteiger partial charge in [0.05, 0.1) is 18.5 Å². The second-order valence-electron chi connectivity index (χ2n) is 5.30. The number of nitro groups is 1. The van der Waals surface area contributed by atoms with Crippen LogP contribution in [0.1, 0.15) is 11.1 Å². The Morgan fingerprint density at radius 2 is 1.69 bits per heavy atom. The second kappa shape index (κ2) is 9.33. The maximum atomic E-state index is 11.9. The van der Waals surface area contributed by atoms with Crippen molar-refractivity contribution in [3.05, 3.63) is 69.8 Å². The van der Waals surface area contributed by atoms with Crippen molar-refractivity contribution in [3.63, 3.8) is 0 Å². The zero-order valence-electron chi connectivity index (χ0n) is 14.0. The summed E-state index contributed by atoms with van der Waals surface area (Å²) in [5, 5.41) is 13.8. The Bertz CT molecular complexity index is 778. The number of nitrogens with zero attached hydrogens (tertiary/aromatic N) is 1. The molecule has 0 aromatic heterocycles. The summed E-state index contributed by atoms with van der Waals surface area (Å²) in [5.41, 5.74) is 6.74. The number of hydrazine groups is 1. The number of methoxy groups -OCH3 is 1. The predicted molar refractivity (Wildman–Crippen MR) is 101 cm³/mol. The fraction of sp³-hybridized carbons (Fsp3) is 0.176. The molecule has 0 saturated heterocycles. The van der Waals surface area contributed by atoms with Gasteiger partial charge < -0.3 is 10.1 Å². The Hall–Kier alpha value is -3.20. The Morgan fingerprint density at radius 1 is 1.08 bits per heavy atom. The van der Waals surface area contributed by atoms with E-state index in [4.69, 9.17) is 17.0 Å². The lowest BCUT2D eigenvalue weighted by molar-refractivity contribution is -0.384. The molecule has 136 valence electrons. The van der Waals surface area contributed by atoms with Crippen molar-refractivity contribution < 1.29 is 14.5 Å². The van der Waals surface area contributed by atoms with Crippen LogP contribution >= 0.6 is 12.2 Å². The number of nitro benzene ring substituents is 1. The van der Waals surface area contributed by atoms with Crippen molar-refractivity contribution in [2.24, 2.45) is 0 Å². The quantitative estimate of drug-likeness (QED) is 0.402. The Balaban J connectivity index is 1.72. The smallest absolute Gasteiger partial charge is 0.269 e. The van der Waals surface area contributed by atoms with E-state index >= 15 is 0 Å². The number of amides is 1. The molecule has 8 nitrogen and oxygen atoms in total. The summed E-state index contributed by atoms with van der Waals surface area (Å²) < 4.78 is 5.09. The lowest BCUT2D eigenvalue weighted by Crippen LogP contribution is -2.47. The molecular formula is C17H18N4O4S. The van der Waals surface area contributed by atoms with Crippen molar-refractivity contribution in [1.29, 1.82) is 0 Å². The van der Waals surface area contributed by atoms with Crippen LogP contribution in [0, 0.1) is 10.1 Å². The largest absolute Gasteiger partial charge is 0.497 e. The van der Waals surface area contributed by atoms with Gasteiger partial charge in [0, 0.05) is 18.7 Å². The van der Waals surface area contributed by atoms with Gasteiger partial charge in [-0.05, 0) is 35.5 Å². The van der Waals surface area contributed by atoms with Crippen LogP contribution in [-0.2, 0) is 17.8 Å². The molecule has 0 unspecified atom stereocenters. The van der Waals surface area contributed by atoms with Gasteiger partial charge in [-0.2, -0.15) is 0 Å². The van der Waals surface area contributed by atoms with Crippen molar-refractivity contribution in [3.8, 4) is 5.75 Å². The van der Waals surface area contributed by atoms with Crippen LogP contribution < -0.4 is 20.9 Å². The molecule has 0 aliphatic rings. The number of hydrogen-bond donors (Lipinski definition) is 3. The first-order chi connectivity index (χ1) is 12.5. The zero-order valence-corrected chi connectivity index (χ0v) is 14.8. The van der Waals surface area contributed by atoms with E-state index in [-0.39, 0.29) is 23.1 Å².